The molecule has 0 saturated carbocycles. The molecule has 0 heterocycles. The Kier molecular flexibility index (Phi) is 25.1. The van der Waals surface area contributed by atoms with E-state index in [-0.39, 0.29) is 37.7 Å². The largest absolute Gasteiger partial charge is 0.288 e. The number of rotatable bonds is 29. The van der Waals surface area contributed by atoms with Crippen LogP contribution >= 0.6 is 0 Å². The summed E-state index contributed by atoms with van der Waals surface area (Å²) in [4.78, 5) is 0. The molecule has 0 aliphatic rings. The van der Waals surface area contributed by atoms with Crippen molar-refractivity contribution in [3.05, 3.63) is 0 Å². The molecule has 46 heavy (non-hydrogen) atoms. The van der Waals surface area contributed by atoms with Gasteiger partial charge in [0.15, 0.2) is 0 Å². The molecule has 0 spiro atoms. The van der Waals surface area contributed by atoms with Crippen LogP contribution in [0.3, 0.4) is 0 Å². The monoisotopic (exact) mass is 661 g/mol. The van der Waals surface area contributed by atoms with Crippen LogP contribution < -0.4 is 74.4 Å². The third-order valence-electron chi connectivity index (χ3n) is 6.16. The molecule has 0 saturated heterocycles. The van der Waals surface area contributed by atoms with Crippen LogP contribution in [0.25, 0.3) is 0 Å². The van der Waals surface area contributed by atoms with Gasteiger partial charge < -0.3 is 0 Å². The van der Waals surface area contributed by atoms with Crippen LogP contribution in [0.15, 0.2) is 0 Å². The summed E-state index contributed by atoms with van der Waals surface area (Å²) >= 11 is 0. The Balaban J connectivity index is 5.88. The molecular weight excluding hydrogens is 580 g/mol. The van der Waals surface area contributed by atoms with Crippen molar-refractivity contribution in [2.24, 2.45) is 0 Å². The fourth-order valence-electron chi connectivity index (χ4n) is 4.68. The van der Waals surface area contributed by atoms with Gasteiger partial charge in [0.1, 0.15) is 37.7 Å². The fraction of sp³-hybridized carbons (Fsp3) is 1.00. The van der Waals surface area contributed by atoms with E-state index >= 15 is 0 Å². The molecule has 0 amide bonds. The zero-order chi connectivity index (χ0) is 35.4. The summed E-state index contributed by atoms with van der Waals surface area (Å²) in [7, 11) is 0. The average Bonchev–Trinajstić information content (AvgIpc) is 2.83. The van der Waals surface area contributed by atoms with Crippen molar-refractivity contribution < 1.29 is 0 Å². The summed E-state index contributed by atoms with van der Waals surface area (Å²) < 4.78 is 0. The molecule has 0 radical (unpaired) electrons. The SMILES string of the molecule is CC(C)NC(NC(C)C)NC(NCCNC(NC(NC(C)C)NC(C)C)NC(NC(C)C)NC(C)C)NC(NC(C)C)NC(C)C. The molecule has 0 bridgehead atoms. The van der Waals surface area contributed by atoms with Gasteiger partial charge in [0.05, 0.1) is 0 Å². The topological polar surface area (TPSA) is 168 Å². The first-order chi connectivity index (χ1) is 21.4. The maximum atomic E-state index is 3.71. The van der Waals surface area contributed by atoms with Crippen LogP contribution in [0.5, 0.6) is 0 Å². The molecule has 0 rings (SSSR count). The van der Waals surface area contributed by atoms with E-state index in [1.165, 1.54) is 0 Å². The Morgan fingerprint density at radius 3 is 0.500 bits per heavy atom. The zero-order valence-corrected chi connectivity index (χ0v) is 32.5. The lowest BCUT2D eigenvalue weighted by Crippen LogP contribution is -2.72. The number of hydrogen-bond donors (Lipinski definition) is 14. The van der Waals surface area contributed by atoms with Crippen LogP contribution in [0.1, 0.15) is 111 Å². The van der Waals surface area contributed by atoms with Crippen molar-refractivity contribution in [1.29, 1.82) is 0 Å². The Hall–Kier alpha value is -0.560. The van der Waals surface area contributed by atoms with Gasteiger partial charge in [0, 0.05) is 61.4 Å². The van der Waals surface area contributed by atoms with Gasteiger partial charge in [-0.1, -0.05) is 0 Å². The average molecular weight is 661 g/mol. The molecule has 0 aromatic rings. The van der Waals surface area contributed by atoms with E-state index < -0.39 is 0 Å². The molecule has 278 valence electrons. The van der Waals surface area contributed by atoms with Crippen molar-refractivity contribution in [1.82, 2.24) is 74.4 Å². The van der Waals surface area contributed by atoms with Gasteiger partial charge in [0.25, 0.3) is 0 Å². The molecule has 0 fully saturated rings. The first-order valence-electron chi connectivity index (χ1n) is 18.0. The van der Waals surface area contributed by atoms with Gasteiger partial charge in [-0.15, -0.1) is 0 Å². The zero-order valence-electron chi connectivity index (χ0n) is 32.5. The molecule has 0 aromatic carbocycles. The maximum Gasteiger partial charge on any atom is 0.116 e. The van der Waals surface area contributed by atoms with Crippen molar-refractivity contribution in [2.75, 3.05) is 13.1 Å². The minimum atomic E-state index is -0.206. The van der Waals surface area contributed by atoms with Gasteiger partial charge in [0.2, 0.25) is 0 Å². The lowest BCUT2D eigenvalue weighted by atomic mass is 10.3. The predicted molar refractivity (Wildman–Crippen MR) is 197 cm³/mol. The lowest BCUT2D eigenvalue weighted by molar-refractivity contribution is 0.181. The molecule has 14 nitrogen and oxygen atoms in total. The summed E-state index contributed by atoms with van der Waals surface area (Å²) in [6, 6.07) is 2.45. The van der Waals surface area contributed by atoms with Gasteiger partial charge in [-0.3, -0.25) is 74.4 Å². The minimum absolute atomic E-state index is 0.0947. The Labute approximate surface area is 284 Å². The smallest absolute Gasteiger partial charge is 0.116 e. The third kappa shape index (κ3) is 26.4. The molecule has 0 aliphatic carbocycles. The molecule has 0 aliphatic heterocycles. The molecular formula is C32H80N14. The summed E-state index contributed by atoms with van der Waals surface area (Å²) in [6.07, 6.45) is -0.792. The highest BCUT2D eigenvalue weighted by molar-refractivity contribution is 4.79. The van der Waals surface area contributed by atoms with Gasteiger partial charge >= 0.3 is 0 Å². The van der Waals surface area contributed by atoms with Crippen LogP contribution in [-0.2, 0) is 0 Å². The van der Waals surface area contributed by atoms with Crippen molar-refractivity contribution in [2.45, 2.75) is 197 Å². The second kappa shape index (κ2) is 25.4. The summed E-state index contributed by atoms with van der Waals surface area (Å²) in [5.74, 6) is 0. The summed E-state index contributed by atoms with van der Waals surface area (Å²) in [5.41, 5.74) is 0. The van der Waals surface area contributed by atoms with Crippen molar-refractivity contribution >= 4 is 0 Å². The highest BCUT2D eigenvalue weighted by atomic mass is 15.5. The first-order valence-corrected chi connectivity index (χ1v) is 18.0. The summed E-state index contributed by atoms with van der Waals surface area (Å²) in [5, 5.41) is 51.1. The van der Waals surface area contributed by atoms with E-state index in [1.807, 2.05) is 0 Å². The Bertz CT molecular complexity index is 554. The standard InChI is InChI=1S/C32H80N14/c1-19(2)35-29(36-20(3)4)43-27(44-30(37-21(5)6)38-22(7)8)33-17-18-34-28(45-31(39-23(9)10)40-24(11)12)46-32(41-25(13)14)42-26(15)16/h19-46H,17-18H2,1-16H3. The maximum absolute atomic E-state index is 3.71. The number of hydrogen-bond acceptors (Lipinski definition) is 14. The van der Waals surface area contributed by atoms with Crippen molar-refractivity contribution in [3.8, 4) is 0 Å². The van der Waals surface area contributed by atoms with E-state index in [2.05, 4.69) is 185 Å². The van der Waals surface area contributed by atoms with Gasteiger partial charge in [-0.25, -0.2) is 0 Å². The first kappa shape index (κ1) is 45.4. The Morgan fingerprint density at radius 1 is 0.217 bits per heavy atom. The molecule has 0 unspecified atom stereocenters. The molecule has 0 atom stereocenters. The van der Waals surface area contributed by atoms with Gasteiger partial charge in [-0.05, 0) is 111 Å². The minimum Gasteiger partial charge on any atom is -0.288 e. The molecule has 14 heteroatoms. The van der Waals surface area contributed by atoms with Crippen LogP contribution in [0.2, 0.25) is 0 Å². The van der Waals surface area contributed by atoms with E-state index in [1.54, 1.807) is 0 Å². The molecule has 0 aromatic heterocycles. The quantitative estimate of drug-likeness (QED) is 0.0388. The number of nitrogens with one attached hydrogen (secondary N) is 14. The van der Waals surface area contributed by atoms with Crippen molar-refractivity contribution in [3.63, 3.8) is 0 Å². The van der Waals surface area contributed by atoms with Gasteiger partial charge in [-0.2, -0.15) is 0 Å². The van der Waals surface area contributed by atoms with E-state index in [0.717, 1.165) is 0 Å². The second-order valence-electron chi connectivity index (χ2n) is 14.7. The van der Waals surface area contributed by atoms with Crippen LogP contribution in [0.4, 0.5) is 0 Å². The van der Waals surface area contributed by atoms with Crippen LogP contribution in [0, 0.1) is 0 Å². The van der Waals surface area contributed by atoms with E-state index in [0.29, 0.717) is 61.4 Å². The van der Waals surface area contributed by atoms with E-state index in [4.69, 9.17) is 0 Å². The second-order valence-corrected chi connectivity index (χ2v) is 14.7. The molecule has 14 N–H and O–H groups in total. The third-order valence-corrected chi connectivity index (χ3v) is 6.16. The summed E-state index contributed by atoms with van der Waals surface area (Å²) in [6.45, 7) is 35.9. The highest BCUT2D eigenvalue weighted by Gasteiger charge is 2.23. The van der Waals surface area contributed by atoms with Crippen LogP contribution in [-0.4, -0.2) is 99.2 Å². The van der Waals surface area contributed by atoms with E-state index in [9.17, 15) is 0 Å². The lowest BCUT2D eigenvalue weighted by Gasteiger charge is -2.36. The fourth-order valence-corrected chi connectivity index (χ4v) is 4.68. The predicted octanol–water partition coefficient (Wildman–Crippen LogP) is 0.210. The Morgan fingerprint density at radius 2 is 0.370 bits per heavy atom. The highest BCUT2D eigenvalue weighted by Crippen LogP contribution is 1.93. The normalized spacial score (nSPS) is 13.4.